The number of aromatic nitrogens is 4. The molecule has 0 spiro atoms. The number of fused-ring (bicyclic) bond motifs is 3. The first kappa shape index (κ1) is 11.5. The number of anilines is 1. The van der Waals surface area contributed by atoms with Crippen LogP contribution in [0.3, 0.4) is 0 Å². The van der Waals surface area contributed by atoms with Gasteiger partial charge in [-0.05, 0) is 40.2 Å². The Morgan fingerprint density at radius 1 is 1.39 bits per heavy atom. The fraction of sp³-hybridized carbons (Fsp3) is 0.300. The first-order valence-corrected chi connectivity index (χ1v) is 5.96. The van der Waals surface area contributed by atoms with Crippen LogP contribution in [0.15, 0.2) is 10.5 Å². The Labute approximate surface area is 109 Å². The van der Waals surface area contributed by atoms with Crippen molar-refractivity contribution in [2.45, 2.75) is 19.4 Å². The van der Waals surface area contributed by atoms with Gasteiger partial charge in [0.25, 0.3) is 0 Å². The molecule has 1 aliphatic rings. The Bertz CT molecular complexity index is 652. The average Bonchev–Trinajstić information content (AvgIpc) is 2.75. The van der Waals surface area contributed by atoms with E-state index in [1.54, 1.807) is 0 Å². The second-order valence-electron chi connectivity index (χ2n) is 4.55. The van der Waals surface area contributed by atoms with E-state index in [0.717, 1.165) is 0 Å². The van der Waals surface area contributed by atoms with Crippen molar-refractivity contribution in [2.24, 2.45) is 0 Å². The monoisotopic (exact) mass is 315 g/mol. The molecule has 0 bridgehead atoms. The molecule has 1 N–H and O–H groups in total. The van der Waals surface area contributed by atoms with Crippen LogP contribution in [-0.2, 0) is 5.54 Å². The number of tetrazole rings is 1. The zero-order chi connectivity index (χ0) is 13.1. The molecule has 0 radical (unpaired) electrons. The third-order valence-corrected chi connectivity index (χ3v) is 3.55. The molecule has 0 unspecified atom stereocenters. The quantitative estimate of drug-likeness (QED) is 0.758. The fourth-order valence-electron chi connectivity index (χ4n) is 2.01. The number of rotatable bonds is 0. The molecule has 2 heterocycles. The maximum atomic E-state index is 14.1. The summed E-state index contributed by atoms with van der Waals surface area (Å²) < 4.78 is 28.7. The van der Waals surface area contributed by atoms with Crippen LogP contribution in [0.4, 0.5) is 14.5 Å². The maximum Gasteiger partial charge on any atom is 0.181 e. The predicted octanol–water partition coefficient (Wildman–Crippen LogP) is 2.36. The van der Waals surface area contributed by atoms with Crippen molar-refractivity contribution >= 4 is 21.6 Å². The van der Waals surface area contributed by atoms with E-state index >= 15 is 0 Å². The molecule has 0 amide bonds. The minimum atomic E-state index is -0.735. The van der Waals surface area contributed by atoms with E-state index in [4.69, 9.17) is 0 Å². The molecule has 0 fully saturated rings. The lowest BCUT2D eigenvalue weighted by Crippen LogP contribution is -2.36. The lowest BCUT2D eigenvalue weighted by Gasteiger charge is -2.32. The smallest absolute Gasteiger partial charge is 0.181 e. The van der Waals surface area contributed by atoms with Crippen molar-refractivity contribution < 1.29 is 8.78 Å². The molecule has 3 rings (SSSR count). The first-order valence-electron chi connectivity index (χ1n) is 5.17. The molecule has 18 heavy (non-hydrogen) atoms. The number of hydrogen-bond donors (Lipinski definition) is 1. The van der Waals surface area contributed by atoms with E-state index in [0.29, 0.717) is 11.5 Å². The Kier molecular flexibility index (Phi) is 2.22. The molecular formula is C10H8BrF2N5. The summed E-state index contributed by atoms with van der Waals surface area (Å²) in [6.07, 6.45) is 0. The van der Waals surface area contributed by atoms with Crippen molar-refractivity contribution in [1.82, 2.24) is 20.2 Å². The van der Waals surface area contributed by atoms with Crippen molar-refractivity contribution in [3.05, 3.63) is 28.0 Å². The molecule has 1 aromatic carbocycles. The van der Waals surface area contributed by atoms with Gasteiger partial charge in [-0.2, -0.15) is 4.68 Å². The van der Waals surface area contributed by atoms with Gasteiger partial charge in [-0.1, -0.05) is 0 Å². The molecule has 5 nitrogen and oxygen atoms in total. The number of hydrogen-bond acceptors (Lipinski definition) is 4. The second kappa shape index (κ2) is 3.47. The van der Waals surface area contributed by atoms with E-state index in [-0.39, 0.29) is 10.2 Å². The van der Waals surface area contributed by atoms with E-state index in [9.17, 15) is 8.78 Å². The fourth-order valence-corrected chi connectivity index (χ4v) is 2.31. The molecular weight excluding hydrogens is 308 g/mol. The Morgan fingerprint density at radius 2 is 2.11 bits per heavy atom. The van der Waals surface area contributed by atoms with Crippen molar-refractivity contribution in [1.29, 1.82) is 0 Å². The highest BCUT2D eigenvalue weighted by Gasteiger charge is 2.36. The third-order valence-electron chi connectivity index (χ3n) is 2.82. The molecule has 0 saturated carbocycles. The van der Waals surface area contributed by atoms with Crippen LogP contribution in [0.25, 0.3) is 5.69 Å². The molecule has 0 atom stereocenters. The van der Waals surface area contributed by atoms with Gasteiger partial charge in [0, 0.05) is 6.07 Å². The molecule has 1 aliphatic heterocycles. The van der Waals surface area contributed by atoms with E-state index in [1.165, 1.54) is 10.7 Å². The molecule has 2 aromatic rings. The minimum Gasteiger partial charge on any atom is -0.371 e. The molecule has 1 aromatic heterocycles. The van der Waals surface area contributed by atoms with Crippen LogP contribution >= 0.6 is 15.9 Å². The molecule has 0 saturated heterocycles. The number of nitrogens with one attached hydrogen (secondary N) is 1. The highest BCUT2D eigenvalue weighted by molar-refractivity contribution is 9.10. The SMILES string of the molecule is CC1(C)Nc2cc(F)c(Br)c(F)c2-n2nnnc21. The lowest BCUT2D eigenvalue weighted by molar-refractivity contribution is 0.502. The van der Waals surface area contributed by atoms with Gasteiger partial charge in [-0.15, -0.1) is 5.10 Å². The average molecular weight is 316 g/mol. The number of benzene rings is 1. The van der Waals surface area contributed by atoms with Crippen LogP contribution in [0.5, 0.6) is 0 Å². The van der Waals surface area contributed by atoms with Crippen LogP contribution in [-0.4, -0.2) is 20.2 Å². The predicted molar refractivity (Wildman–Crippen MR) is 63.4 cm³/mol. The highest BCUT2D eigenvalue weighted by Crippen LogP contribution is 2.39. The van der Waals surface area contributed by atoms with Gasteiger partial charge in [0.1, 0.15) is 11.5 Å². The summed E-state index contributed by atoms with van der Waals surface area (Å²) in [5.74, 6) is -0.944. The van der Waals surface area contributed by atoms with Crippen molar-refractivity contribution in [3.8, 4) is 5.69 Å². The Morgan fingerprint density at radius 3 is 2.83 bits per heavy atom. The Balaban J connectivity index is 2.38. The van der Waals surface area contributed by atoms with Crippen molar-refractivity contribution in [2.75, 3.05) is 5.32 Å². The summed E-state index contributed by atoms with van der Waals surface area (Å²) in [5.41, 5.74) is -0.177. The van der Waals surface area contributed by atoms with Gasteiger partial charge in [0.15, 0.2) is 11.6 Å². The van der Waals surface area contributed by atoms with Gasteiger partial charge >= 0.3 is 0 Å². The largest absolute Gasteiger partial charge is 0.371 e. The molecule has 94 valence electrons. The summed E-state index contributed by atoms with van der Waals surface area (Å²) >= 11 is 2.87. The topological polar surface area (TPSA) is 55.6 Å². The van der Waals surface area contributed by atoms with Crippen molar-refractivity contribution in [3.63, 3.8) is 0 Å². The van der Waals surface area contributed by atoms with Crippen LogP contribution in [0, 0.1) is 11.6 Å². The van der Waals surface area contributed by atoms with Gasteiger partial charge in [-0.25, -0.2) is 8.78 Å². The van der Waals surface area contributed by atoms with E-state index in [2.05, 4.69) is 36.8 Å². The normalized spacial score (nSPS) is 15.8. The van der Waals surface area contributed by atoms with Crippen LogP contribution < -0.4 is 5.32 Å². The first-order chi connectivity index (χ1) is 8.42. The summed E-state index contributed by atoms with van der Waals surface area (Å²) in [6.45, 7) is 3.66. The lowest BCUT2D eigenvalue weighted by atomic mass is 10.0. The molecule has 8 heteroatoms. The number of halogens is 3. The van der Waals surface area contributed by atoms with Gasteiger partial charge in [0.05, 0.1) is 15.7 Å². The standard InChI is InChI=1S/C10H8BrF2N5/c1-10(2)9-15-16-17-18(9)8-5(14-10)3-4(12)6(11)7(8)13/h3,14H,1-2H3. The van der Waals surface area contributed by atoms with E-state index in [1.807, 2.05) is 13.8 Å². The maximum absolute atomic E-state index is 14.1. The van der Waals surface area contributed by atoms with Gasteiger partial charge in [-0.3, -0.25) is 0 Å². The summed E-state index contributed by atoms with van der Waals surface area (Å²) in [5, 5.41) is 14.2. The second-order valence-corrected chi connectivity index (χ2v) is 5.34. The summed E-state index contributed by atoms with van der Waals surface area (Å²) in [4.78, 5) is 0. The zero-order valence-corrected chi connectivity index (χ0v) is 11.1. The number of nitrogens with zero attached hydrogens (tertiary/aromatic N) is 4. The van der Waals surface area contributed by atoms with E-state index < -0.39 is 17.2 Å². The molecule has 0 aliphatic carbocycles. The Hall–Kier alpha value is -1.57. The third kappa shape index (κ3) is 1.38. The van der Waals surface area contributed by atoms with Crippen LogP contribution in [0.2, 0.25) is 0 Å². The highest BCUT2D eigenvalue weighted by atomic mass is 79.9. The van der Waals surface area contributed by atoms with Gasteiger partial charge < -0.3 is 5.32 Å². The summed E-state index contributed by atoms with van der Waals surface area (Å²) in [6, 6.07) is 1.22. The van der Waals surface area contributed by atoms with Crippen LogP contribution in [0.1, 0.15) is 19.7 Å². The van der Waals surface area contributed by atoms with Gasteiger partial charge in [0.2, 0.25) is 0 Å². The minimum absolute atomic E-state index is 0.114. The zero-order valence-electron chi connectivity index (χ0n) is 9.50. The summed E-state index contributed by atoms with van der Waals surface area (Å²) in [7, 11) is 0.